The Morgan fingerprint density at radius 1 is 0.931 bits per heavy atom. The average molecular weight is 462 g/mol. The van der Waals surface area contributed by atoms with Crippen LogP contribution < -0.4 is 27.6 Å². The number of quaternary nitrogens is 1. The van der Waals surface area contributed by atoms with Crippen molar-refractivity contribution in [3.63, 3.8) is 0 Å². The highest BCUT2D eigenvalue weighted by Crippen LogP contribution is 2.39. The maximum atomic E-state index is 13.3. The molecule has 2 aliphatic rings. The summed E-state index contributed by atoms with van der Waals surface area (Å²) in [5.41, 5.74) is 2.75. The minimum Gasteiger partial charge on any atom is -1.00 e. The minimum atomic E-state index is -0.466. The third-order valence-corrected chi connectivity index (χ3v) is 5.86. The average Bonchev–Trinajstić information content (AvgIpc) is 2.68. The number of carbonyl (C=O) groups is 2. The lowest BCUT2D eigenvalue weighted by atomic mass is 9.69. The van der Waals surface area contributed by atoms with E-state index in [1.54, 1.807) is 19.2 Å². The first-order chi connectivity index (χ1) is 13.4. The molecule has 5 nitrogen and oxygen atoms in total. The Labute approximate surface area is 184 Å². The predicted octanol–water partition coefficient (Wildman–Crippen LogP) is -0.231. The van der Waals surface area contributed by atoms with Crippen LogP contribution in [0.25, 0.3) is 0 Å². The number of benzene rings is 1. The van der Waals surface area contributed by atoms with Crippen molar-refractivity contribution in [3.05, 3.63) is 58.9 Å². The van der Waals surface area contributed by atoms with Crippen molar-refractivity contribution in [2.45, 2.75) is 19.8 Å². The summed E-state index contributed by atoms with van der Waals surface area (Å²) in [6, 6.07) is 7.18. The van der Waals surface area contributed by atoms with Gasteiger partial charge in [0.1, 0.15) is 0 Å². The second kappa shape index (κ2) is 9.72. The Morgan fingerprint density at radius 3 is 2.03 bits per heavy atom. The number of ketones is 2. The van der Waals surface area contributed by atoms with Gasteiger partial charge in [-0.15, -0.1) is 0 Å². The predicted molar refractivity (Wildman–Crippen MR) is 112 cm³/mol. The number of fused-ring (bicyclic) bond motifs is 2. The molecule has 2 atom stereocenters. The number of carbonyl (C=O) groups excluding carboxylic acids is 2. The van der Waals surface area contributed by atoms with Gasteiger partial charge in [-0.05, 0) is 18.6 Å². The number of Topliss-reactive ketones (excluding diaryl/α,β-unsaturated/α-hetero) is 2. The van der Waals surface area contributed by atoms with Gasteiger partial charge in [0.2, 0.25) is 0 Å². The summed E-state index contributed by atoms with van der Waals surface area (Å²) in [6.45, 7) is 5.24. The van der Waals surface area contributed by atoms with Gasteiger partial charge in [-0.1, -0.05) is 31.2 Å². The molecule has 0 heterocycles. The van der Waals surface area contributed by atoms with Crippen LogP contribution in [0.5, 0.6) is 0 Å². The van der Waals surface area contributed by atoms with E-state index < -0.39 is 11.8 Å². The monoisotopic (exact) mass is 461 g/mol. The zero-order valence-corrected chi connectivity index (χ0v) is 19.4. The number of allylic oxidation sites excluding steroid dienone is 4. The maximum absolute atomic E-state index is 13.3. The van der Waals surface area contributed by atoms with Crippen molar-refractivity contribution in [2.75, 3.05) is 40.8 Å². The van der Waals surface area contributed by atoms with Crippen molar-refractivity contribution in [1.82, 2.24) is 10.6 Å². The molecule has 0 amide bonds. The standard InChI is InChI=1S/C23H32N3O2.BrH/c1-5-14-26(3,4)15-8-13-25-19-12-11-18(24-2)20-21(19)23(28)17-10-7-6-9-16(17)22(20)27;/h6-7,9-12,20-21,24-25H,5,8,13-15H2,1-4H3;1H/q+1;/p-1. The number of nitrogens with zero attached hydrogens (tertiary/aromatic N) is 1. The SMILES string of the molecule is CCC[N+](C)(C)CCCNC1=CC=C(NC)C2C(=O)c3ccccc3C(=O)C12.[Br-]. The summed E-state index contributed by atoms with van der Waals surface area (Å²) in [5.74, 6) is -0.879. The summed E-state index contributed by atoms with van der Waals surface area (Å²) in [5, 5.41) is 6.59. The number of halogens is 1. The Hall–Kier alpha value is -1.92. The van der Waals surface area contributed by atoms with E-state index in [4.69, 9.17) is 0 Å². The van der Waals surface area contributed by atoms with E-state index in [9.17, 15) is 9.59 Å². The number of rotatable bonds is 8. The molecule has 0 aliphatic heterocycles. The summed E-state index contributed by atoms with van der Waals surface area (Å²) < 4.78 is 0.998. The minimum absolute atomic E-state index is 0. The van der Waals surface area contributed by atoms with Crippen LogP contribution in [0.4, 0.5) is 0 Å². The smallest absolute Gasteiger partial charge is 0.173 e. The Morgan fingerprint density at radius 2 is 1.48 bits per heavy atom. The Kier molecular flexibility index (Phi) is 7.83. The molecule has 0 saturated carbocycles. The number of hydrogen-bond acceptors (Lipinski definition) is 4. The topological polar surface area (TPSA) is 58.2 Å². The van der Waals surface area contributed by atoms with Crippen LogP contribution in [0.3, 0.4) is 0 Å². The molecule has 0 radical (unpaired) electrons. The van der Waals surface area contributed by atoms with Crippen molar-refractivity contribution in [2.24, 2.45) is 11.8 Å². The fourth-order valence-corrected chi connectivity index (χ4v) is 4.44. The van der Waals surface area contributed by atoms with Crippen LogP contribution in [-0.2, 0) is 0 Å². The van der Waals surface area contributed by atoms with Crippen molar-refractivity contribution < 1.29 is 31.1 Å². The van der Waals surface area contributed by atoms with Gasteiger partial charge in [0.25, 0.3) is 0 Å². The number of hydrogen-bond donors (Lipinski definition) is 2. The summed E-state index contributed by atoms with van der Waals surface area (Å²) in [7, 11) is 6.31. The fraction of sp³-hybridized carbons (Fsp3) is 0.478. The van der Waals surface area contributed by atoms with Crippen LogP contribution in [-0.4, -0.2) is 56.8 Å². The molecule has 6 heteroatoms. The van der Waals surface area contributed by atoms with Crippen molar-refractivity contribution in [1.29, 1.82) is 0 Å². The highest BCUT2D eigenvalue weighted by molar-refractivity contribution is 6.18. The van der Waals surface area contributed by atoms with E-state index in [0.717, 1.165) is 41.9 Å². The summed E-state index contributed by atoms with van der Waals surface area (Å²) in [6.07, 6.45) is 6.07. The quantitative estimate of drug-likeness (QED) is 0.414. The molecule has 1 aromatic rings. The molecule has 29 heavy (non-hydrogen) atoms. The highest BCUT2D eigenvalue weighted by atomic mass is 79.9. The zero-order chi connectivity index (χ0) is 20.3. The first-order valence-electron chi connectivity index (χ1n) is 10.2. The van der Waals surface area contributed by atoms with Crippen LogP contribution in [0.15, 0.2) is 47.8 Å². The van der Waals surface area contributed by atoms with Gasteiger partial charge in [0.15, 0.2) is 11.6 Å². The van der Waals surface area contributed by atoms with Crippen LogP contribution in [0.1, 0.15) is 40.5 Å². The molecular weight excluding hydrogens is 430 g/mol. The molecule has 0 bridgehead atoms. The largest absolute Gasteiger partial charge is 1.00 e. The van der Waals surface area contributed by atoms with Gasteiger partial charge in [-0.2, -0.15) is 0 Å². The Balaban J connectivity index is 0.00000300. The molecule has 2 aliphatic carbocycles. The van der Waals surface area contributed by atoms with Crippen LogP contribution >= 0.6 is 0 Å². The van der Waals surface area contributed by atoms with Gasteiger partial charge in [-0.25, -0.2) is 0 Å². The van der Waals surface area contributed by atoms with Gasteiger partial charge in [-0.3, -0.25) is 9.59 Å². The van der Waals surface area contributed by atoms with Crippen LogP contribution in [0.2, 0.25) is 0 Å². The first-order valence-corrected chi connectivity index (χ1v) is 10.2. The second-order valence-corrected chi connectivity index (χ2v) is 8.39. The lowest BCUT2D eigenvalue weighted by molar-refractivity contribution is -0.890. The first kappa shape index (κ1) is 23.4. The van der Waals surface area contributed by atoms with Crippen molar-refractivity contribution in [3.8, 4) is 0 Å². The fourth-order valence-electron chi connectivity index (χ4n) is 4.44. The second-order valence-electron chi connectivity index (χ2n) is 8.39. The molecule has 0 spiro atoms. The molecule has 0 aromatic heterocycles. The van der Waals surface area contributed by atoms with Gasteiger partial charge >= 0.3 is 0 Å². The maximum Gasteiger partial charge on any atom is 0.173 e. The molecule has 3 rings (SSSR count). The summed E-state index contributed by atoms with van der Waals surface area (Å²) >= 11 is 0. The van der Waals surface area contributed by atoms with Crippen LogP contribution in [0, 0.1) is 11.8 Å². The van der Waals surface area contributed by atoms with E-state index in [1.807, 2.05) is 24.3 Å². The highest BCUT2D eigenvalue weighted by Gasteiger charge is 2.46. The molecule has 0 saturated heterocycles. The molecule has 0 fully saturated rings. The third kappa shape index (κ3) is 4.81. The summed E-state index contributed by atoms with van der Waals surface area (Å²) in [4.78, 5) is 26.4. The molecule has 2 N–H and O–H groups in total. The van der Waals surface area contributed by atoms with Crippen molar-refractivity contribution >= 4 is 11.6 Å². The third-order valence-electron chi connectivity index (χ3n) is 5.86. The van der Waals surface area contributed by atoms with E-state index in [0.29, 0.717) is 11.1 Å². The van der Waals surface area contributed by atoms with E-state index in [1.165, 1.54) is 6.42 Å². The Bertz CT molecular complexity index is 829. The normalized spacial score (nSPS) is 20.7. The van der Waals surface area contributed by atoms with E-state index >= 15 is 0 Å². The van der Waals surface area contributed by atoms with Gasteiger partial charge in [0.05, 0.1) is 39.0 Å². The zero-order valence-electron chi connectivity index (χ0n) is 17.8. The molecule has 1 aromatic carbocycles. The molecular formula is C23H32BrN3O2. The van der Waals surface area contributed by atoms with Gasteiger partial charge < -0.3 is 32.1 Å². The lowest BCUT2D eigenvalue weighted by Crippen LogP contribution is -3.00. The van der Waals surface area contributed by atoms with Gasteiger partial charge in [0, 0.05) is 42.5 Å². The molecule has 2 unspecified atom stereocenters. The molecule has 158 valence electrons. The number of nitrogens with one attached hydrogen (secondary N) is 2. The van der Waals surface area contributed by atoms with E-state index in [-0.39, 0.29) is 28.5 Å². The lowest BCUT2D eigenvalue weighted by Gasteiger charge is -2.36. The van der Waals surface area contributed by atoms with E-state index in [2.05, 4.69) is 31.7 Å².